The highest BCUT2D eigenvalue weighted by atomic mass is 16.2. The number of amides is 2. The van der Waals surface area contributed by atoms with Crippen LogP contribution < -0.4 is 0 Å². The number of hydrogen-bond acceptors (Lipinski definition) is 2. The van der Waals surface area contributed by atoms with Gasteiger partial charge in [0.15, 0.2) is 0 Å². The minimum atomic E-state index is -0.575. The van der Waals surface area contributed by atoms with Gasteiger partial charge < -0.3 is 14.4 Å². The van der Waals surface area contributed by atoms with E-state index in [9.17, 15) is 9.59 Å². The van der Waals surface area contributed by atoms with Crippen molar-refractivity contribution in [3.8, 4) is 0 Å². The van der Waals surface area contributed by atoms with E-state index in [4.69, 9.17) is 0 Å². The van der Waals surface area contributed by atoms with E-state index in [1.807, 2.05) is 67.4 Å². The molecule has 34 heavy (non-hydrogen) atoms. The predicted octanol–water partition coefficient (Wildman–Crippen LogP) is 4.70. The lowest BCUT2D eigenvalue weighted by atomic mass is 9.96. The van der Waals surface area contributed by atoms with Gasteiger partial charge in [0.1, 0.15) is 6.04 Å². The second kappa shape index (κ2) is 7.87. The number of hydrogen-bond donors (Lipinski definition) is 0. The summed E-state index contributed by atoms with van der Waals surface area (Å²) >= 11 is 0. The maximum atomic E-state index is 13.8. The van der Waals surface area contributed by atoms with E-state index in [-0.39, 0.29) is 17.9 Å². The fourth-order valence-electron chi connectivity index (χ4n) is 5.71. The van der Waals surface area contributed by atoms with E-state index in [2.05, 4.69) is 35.0 Å². The normalized spacial score (nSPS) is 18.2. The summed E-state index contributed by atoms with van der Waals surface area (Å²) < 4.78 is 2.10. The van der Waals surface area contributed by atoms with Crippen LogP contribution in [0.1, 0.15) is 45.6 Å². The van der Waals surface area contributed by atoms with Crippen molar-refractivity contribution < 1.29 is 9.59 Å². The molecule has 2 amide bonds. The number of benzene rings is 3. The molecule has 5 heteroatoms. The van der Waals surface area contributed by atoms with Crippen LogP contribution in [0.5, 0.6) is 0 Å². The number of aromatic nitrogens is 1. The molecule has 0 fully saturated rings. The summed E-state index contributed by atoms with van der Waals surface area (Å²) in [5.41, 5.74) is 6.31. The number of para-hydroxylation sites is 1. The van der Waals surface area contributed by atoms with Crippen molar-refractivity contribution in [3.05, 3.63) is 107 Å². The van der Waals surface area contributed by atoms with Crippen LogP contribution in [0.2, 0.25) is 0 Å². The topological polar surface area (TPSA) is 45.6 Å². The fraction of sp³-hybridized carbons (Fsp3) is 0.241. The van der Waals surface area contributed by atoms with Crippen LogP contribution in [-0.2, 0) is 24.8 Å². The highest BCUT2D eigenvalue weighted by Crippen LogP contribution is 2.43. The third kappa shape index (κ3) is 3.07. The zero-order chi connectivity index (χ0) is 23.4. The number of rotatable bonds is 3. The average Bonchev–Trinajstić information content (AvgIpc) is 3.37. The zero-order valence-electron chi connectivity index (χ0n) is 19.4. The van der Waals surface area contributed by atoms with Gasteiger partial charge in [-0.15, -0.1) is 0 Å². The van der Waals surface area contributed by atoms with Gasteiger partial charge in [0.25, 0.3) is 5.91 Å². The van der Waals surface area contributed by atoms with E-state index in [0.717, 1.165) is 28.5 Å². The van der Waals surface area contributed by atoms with Gasteiger partial charge in [-0.05, 0) is 42.2 Å². The molecule has 1 aromatic heterocycles. The fourth-order valence-corrected chi connectivity index (χ4v) is 5.71. The lowest BCUT2D eigenvalue weighted by molar-refractivity contribution is -0.136. The van der Waals surface area contributed by atoms with Crippen molar-refractivity contribution >= 4 is 22.7 Å². The molecule has 0 saturated heterocycles. The van der Waals surface area contributed by atoms with Crippen LogP contribution in [0.15, 0.2) is 79.0 Å². The Morgan fingerprint density at radius 3 is 2.47 bits per heavy atom. The summed E-state index contributed by atoms with van der Waals surface area (Å²) in [6, 6.07) is 23.4. The molecule has 5 nitrogen and oxygen atoms in total. The standard InChI is InChI=1S/C29H27N3O2/c1-19(28(33)31-16-15-20-9-3-4-10-21(20)17-31)32-27(23-12-5-6-13-24(23)29(32)34)25-18-30(2)26-14-8-7-11-22(25)26/h3-14,18-19,27H,15-17H2,1-2H3/t19-,27+/m1/s1. The molecule has 0 aliphatic carbocycles. The minimum Gasteiger partial charge on any atom is -0.350 e. The second-order valence-corrected chi connectivity index (χ2v) is 9.37. The maximum absolute atomic E-state index is 13.8. The smallest absolute Gasteiger partial charge is 0.255 e. The zero-order valence-corrected chi connectivity index (χ0v) is 19.4. The van der Waals surface area contributed by atoms with Crippen LogP contribution in [0.3, 0.4) is 0 Å². The van der Waals surface area contributed by atoms with Gasteiger partial charge in [-0.2, -0.15) is 0 Å². The summed E-state index contributed by atoms with van der Waals surface area (Å²) in [7, 11) is 2.03. The molecule has 2 aliphatic rings. The van der Waals surface area contributed by atoms with Crippen LogP contribution in [0, 0.1) is 0 Å². The van der Waals surface area contributed by atoms with Gasteiger partial charge in [0.05, 0.1) is 6.04 Å². The molecule has 3 heterocycles. The lowest BCUT2D eigenvalue weighted by Crippen LogP contribution is -2.49. The van der Waals surface area contributed by atoms with Gasteiger partial charge in [-0.3, -0.25) is 9.59 Å². The van der Waals surface area contributed by atoms with E-state index in [1.165, 1.54) is 11.1 Å². The molecule has 4 aromatic rings. The molecule has 3 aromatic carbocycles. The van der Waals surface area contributed by atoms with Gasteiger partial charge >= 0.3 is 0 Å². The Morgan fingerprint density at radius 1 is 0.912 bits per heavy atom. The van der Waals surface area contributed by atoms with Gasteiger partial charge in [-0.1, -0.05) is 60.7 Å². The van der Waals surface area contributed by atoms with Crippen LogP contribution in [0.4, 0.5) is 0 Å². The number of aryl methyl sites for hydroxylation is 1. The third-order valence-electron chi connectivity index (χ3n) is 7.44. The Kier molecular flexibility index (Phi) is 4.80. The van der Waals surface area contributed by atoms with Gasteiger partial charge in [0.2, 0.25) is 5.91 Å². The van der Waals surface area contributed by atoms with Gasteiger partial charge in [0, 0.05) is 48.4 Å². The Bertz CT molecular complexity index is 1440. The van der Waals surface area contributed by atoms with Crippen LogP contribution >= 0.6 is 0 Å². The number of nitrogens with zero attached hydrogens (tertiary/aromatic N) is 3. The number of carbonyl (C=O) groups excluding carboxylic acids is 2. The first kappa shape index (κ1) is 20.7. The maximum Gasteiger partial charge on any atom is 0.255 e. The molecule has 0 unspecified atom stereocenters. The summed E-state index contributed by atoms with van der Waals surface area (Å²) in [4.78, 5) is 31.2. The van der Waals surface area contributed by atoms with Crippen molar-refractivity contribution in [2.75, 3.05) is 6.54 Å². The molecule has 0 radical (unpaired) electrons. The highest BCUT2D eigenvalue weighted by Gasteiger charge is 2.44. The number of fused-ring (bicyclic) bond motifs is 3. The van der Waals surface area contributed by atoms with Crippen molar-refractivity contribution in [1.82, 2.24) is 14.4 Å². The number of carbonyl (C=O) groups is 2. The minimum absolute atomic E-state index is 0.000830. The average molecular weight is 450 g/mol. The lowest BCUT2D eigenvalue weighted by Gasteiger charge is -2.36. The van der Waals surface area contributed by atoms with Gasteiger partial charge in [-0.25, -0.2) is 0 Å². The highest BCUT2D eigenvalue weighted by molar-refractivity contribution is 6.03. The molecule has 0 saturated carbocycles. The van der Waals surface area contributed by atoms with Crippen molar-refractivity contribution in [2.24, 2.45) is 7.05 Å². The van der Waals surface area contributed by atoms with Crippen LogP contribution in [-0.4, -0.2) is 38.8 Å². The Labute approximate surface area is 199 Å². The summed E-state index contributed by atoms with van der Waals surface area (Å²) in [5, 5.41) is 1.11. The Morgan fingerprint density at radius 2 is 1.62 bits per heavy atom. The Balaban J connectivity index is 1.41. The van der Waals surface area contributed by atoms with E-state index in [0.29, 0.717) is 18.7 Å². The first-order chi connectivity index (χ1) is 16.5. The summed E-state index contributed by atoms with van der Waals surface area (Å²) in [5.74, 6) is -0.0762. The SMILES string of the molecule is C[C@H](C(=O)N1CCc2ccccc2C1)N1C(=O)c2ccccc2[C@H]1c1cn(C)c2ccccc12. The molecule has 0 N–H and O–H groups in total. The van der Waals surface area contributed by atoms with Crippen molar-refractivity contribution in [3.63, 3.8) is 0 Å². The molecule has 2 atom stereocenters. The largest absolute Gasteiger partial charge is 0.350 e. The first-order valence-electron chi connectivity index (χ1n) is 11.9. The molecule has 0 spiro atoms. The van der Waals surface area contributed by atoms with Crippen molar-refractivity contribution in [1.29, 1.82) is 0 Å². The molecule has 0 bridgehead atoms. The molecular weight excluding hydrogens is 422 g/mol. The molecular formula is C29H27N3O2. The molecule has 170 valence electrons. The second-order valence-electron chi connectivity index (χ2n) is 9.37. The van der Waals surface area contributed by atoms with E-state index < -0.39 is 6.04 Å². The predicted molar refractivity (Wildman–Crippen MR) is 132 cm³/mol. The Hall–Kier alpha value is -3.86. The van der Waals surface area contributed by atoms with Crippen LogP contribution in [0.25, 0.3) is 10.9 Å². The quantitative estimate of drug-likeness (QED) is 0.455. The summed E-state index contributed by atoms with van der Waals surface area (Å²) in [6.07, 6.45) is 2.95. The van der Waals surface area contributed by atoms with E-state index in [1.54, 1.807) is 4.90 Å². The van der Waals surface area contributed by atoms with Crippen molar-refractivity contribution in [2.45, 2.75) is 32.0 Å². The van der Waals surface area contributed by atoms with E-state index >= 15 is 0 Å². The summed E-state index contributed by atoms with van der Waals surface area (Å²) in [6.45, 7) is 3.14. The molecule has 2 aliphatic heterocycles. The first-order valence-corrected chi connectivity index (χ1v) is 11.9. The molecule has 6 rings (SSSR count). The monoisotopic (exact) mass is 449 g/mol. The third-order valence-corrected chi connectivity index (χ3v) is 7.44.